The second kappa shape index (κ2) is 6.68. The Morgan fingerprint density at radius 2 is 1.88 bits per heavy atom. The summed E-state index contributed by atoms with van der Waals surface area (Å²) >= 11 is 0. The predicted molar refractivity (Wildman–Crippen MR) is 85.8 cm³/mol. The van der Waals surface area contributed by atoms with Crippen LogP contribution in [-0.2, 0) is 14.4 Å². The fourth-order valence-electron chi connectivity index (χ4n) is 3.61. The van der Waals surface area contributed by atoms with Gasteiger partial charge >= 0.3 is 5.97 Å². The maximum Gasteiger partial charge on any atom is 0.329 e. The summed E-state index contributed by atoms with van der Waals surface area (Å²) in [6.45, 7) is 5.37. The van der Waals surface area contributed by atoms with Gasteiger partial charge in [-0.25, -0.2) is 4.79 Å². The number of aliphatic hydroxyl groups excluding tert-OH is 1. The molecule has 2 aliphatic carbocycles. The molecule has 136 valence electrons. The first-order valence-electron chi connectivity index (χ1n) is 8.38. The van der Waals surface area contributed by atoms with Crippen molar-refractivity contribution >= 4 is 17.8 Å². The average Bonchev–Trinajstić information content (AvgIpc) is 3.21. The zero-order chi connectivity index (χ0) is 18.2. The summed E-state index contributed by atoms with van der Waals surface area (Å²) in [6, 6.07) is -1.61. The van der Waals surface area contributed by atoms with Crippen molar-refractivity contribution in [3.63, 3.8) is 0 Å². The molecule has 0 aromatic carbocycles. The lowest BCUT2D eigenvalue weighted by molar-refractivity contribution is -0.149. The van der Waals surface area contributed by atoms with Gasteiger partial charge < -0.3 is 26.6 Å². The van der Waals surface area contributed by atoms with E-state index in [-0.39, 0.29) is 24.2 Å². The van der Waals surface area contributed by atoms with E-state index >= 15 is 0 Å². The fraction of sp³-hybridized carbons (Fsp3) is 0.812. The molecule has 0 saturated heterocycles. The first-order valence-corrected chi connectivity index (χ1v) is 8.38. The van der Waals surface area contributed by atoms with Gasteiger partial charge in [-0.05, 0) is 37.5 Å². The van der Waals surface area contributed by atoms with Gasteiger partial charge in [0.1, 0.15) is 11.6 Å². The van der Waals surface area contributed by atoms with Gasteiger partial charge in [0.2, 0.25) is 11.8 Å². The molecule has 0 bridgehead atoms. The van der Waals surface area contributed by atoms with Gasteiger partial charge in [-0.3, -0.25) is 9.59 Å². The van der Waals surface area contributed by atoms with E-state index in [2.05, 4.69) is 10.6 Å². The molecule has 2 rings (SSSR count). The molecule has 2 amide bonds. The highest BCUT2D eigenvalue weighted by Gasteiger charge is 2.67. The Balaban J connectivity index is 1.96. The number of carbonyl (C=O) groups is 3. The monoisotopic (exact) mass is 341 g/mol. The highest BCUT2D eigenvalue weighted by atomic mass is 16.4. The Morgan fingerprint density at radius 1 is 1.25 bits per heavy atom. The summed E-state index contributed by atoms with van der Waals surface area (Å²) in [5.74, 6) is -2.23. The Hall–Kier alpha value is -1.67. The zero-order valence-electron chi connectivity index (χ0n) is 14.3. The van der Waals surface area contributed by atoms with Crippen molar-refractivity contribution in [2.24, 2.45) is 23.5 Å². The van der Waals surface area contributed by atoms with E-state index < -0.39 is 41.5 Å². The van der Waals surface area contributed by atoms with E-state index in [9.17, 15) is 24.6 Å². The Kier molecular flexibility index (Phi) is 5.19. The lowest BCUT2D eigenvalue weighted by Crippen LogP contribution is -2.60. The van der Waals surface area contributed by atoms with Gasteiger partial charge in [0.25, 0.3) is 0 Å². The number of carboxylic acid groups (broad SMARTS) is 1. The third-order valence-electron chi connectivity index (χ3n) is 5.04. The van der Waals surface area contributed by atoms with E-state index in [0.29, 0.717) is 12.8 Å². The lowest BCUT2D eigenvalue weighted by atomic mass is 9.92. The largest absolute Gasteiger partial charge is 0.479 e. The number of rotatable bonds is 7. The van der Waals surface area contributed by atoms with Crippen LogP contribution in [0, 0.1) is 17.8 Å². The summed E-state index contributed by atoms with van der Waals surface area (Å²) in [6.07, 6.45) is 0.371. The number of amides is 2. The van der Waals surface area contributed by atoms with Crippen LogP contribution in [0.1, 0.15) is 40.0 Å². The molecule has 0 aromatic rings. The molecular formula is C16H27N3O5. The van der Waals surface area contributed by atoms with Crippen molar-refractivity contribution < 1.29 is 24.6 Å². The smallest absolute Gasteiger partial charge is 0.329 e. The van der Waals surface area contributed by atoms with Crippen LogP contribution in [0.15, 0.2) is 0 Å². The van der Waals surface area contributed by atoms with Crippen molar-refractivity contribution in [2.75, 3.05) is 0 Å². The van der Waals surface area contributed by atoms with E-state index in [1.807, 2.05) is 13.8 Å². The molecule has 0 radical (unpaired) electrons. The van der Waals surface area contributed by atoms with Crippen molar-refractivity contribution in [3.8, 4) is 0 Å². The molecular weight excluding hydrogens is 314 g/mol. The molecule has 6 atom stereocenters. The molecule has 2 saturated carbocycles. The van der Waals surface area contributed by atoms with Crippen LogP contribution in [0.5, 0.6) is 0 Å². The molecule has 2 aliphatic rings. The van der Waals surface area contributed by atoms with E-state index in [4.69, 9.17) is 5.73 Å². The number of nitrogens with one attached hydrogen (secondary N) is 2. The van der Waals surface area contributed by atoms with Crippen LogP contribution in [-0.4, -0.2) is 51.7 Å². The van der Waals surface area contributed by atoms with E-state index in [1.165, 1.54) is 6.92 Å². The van der Waals surface area contributed by atoms with E-state index in [1.54, 1.807) is 0 Å². The SMILES string of the molecule is CC(C)C[C@H](N)C(=O)N[C@@H](C)C(=O)N[C@@]1(C(=O)O)C[C@H](O)[C@H]2C[C@H]21. The summed E-state index contributed by atoms with van der Waals surface area (Å²) in [4.78, 5) is 36.0. The predicted octanol–water partition coefficient (Wildman–Crippen LogP) is -0.795. The molecule has 24 heavy (non-hydrogen) atoms. The van der Waals surface area contributed by atoms with Crippen LogP contribution in [0.3, 0.4) is 0 Å². The number of aliphatic carboxylic acids is 1. The summed E-state index contributed by atoms with van der Waals surface area (Å²) in [5.41, 5.74) is 4.34. The van der Waals surface area contributed by atoms with Gasteiger partial charge in [-0.15, -0.1) is 0 Å². The minimum Gasteiger partial charge on any atom is -0.479 e. The quantitative estimate of drug-likeness (QED) is 0.411. The molecule has 0 aliphatic heterocycles. The maximum absolute atomic E-state index is 12.3. The van der Waals surface area contributed by atoms with Gasteiger partial charge in [0, 0.05) is 6.42 Å². The number of aliphatic hydroxyl groups is 1. The number of hydrogen-bond donors (Lipinski definition) is 5. The number of nitrogens with two attached hydrogens (primary N) is 1. The van der Waals surface area contributed by atoms with Crippen molar-refractivity contribution in [3.05, 3.63) is 0 Å². The molecule has 0 heterocycles. The molecule has 6 N–H and O–H groups in total. The molecule has 2 fully saturated rings. The van der Waals surface area contributed by atoms with Gasteiger partial charge in [-0.1, -0.05) is 13.8 Å². The van der Waals surface area contributed by atoms with Gasteiger partial charge in [0.15, 0.2) is 0 Å². The first kappa shape index (κ1) is 18.7. The Morgan fingerprint density at radius 3 is 2.29 bits per heavy atom. The molecule has 0 unspecified atom stereocenters. The van der Waals surface area contributed by atoms with Crippen molar-refractivity contribution in [1.82, 2.24) is 10.6 Å². The van der Waals surface area contributed by atoms with Crippen LogP contribution in [0.25, 0.3) is 0 Å². The van der Waals surface area contributed by atoms with E-state index in [0.717, 1.165) is 0 Å². The van der Waals surface area contributed by atoms with Crippen LogP contribution in [0.4, 0.5) is 0 Å². The number of hydrogen-bond acceptors (Lipinski definition) is 5. The van der Waals surface area contributed by atoms with Crippen molar-refractivity contribution in [2.45, 2.75) is 63.8 Å². The second-order valence-corrected chi connectivity index (χ2v) is 7.51. The molecule has 8 nitrogen and oxygen atoms in total. The zero-order valence-corrected chi connectivity index (χ0v) is 14.3. The van der Waals surface area contributed by atoms with Crippen LogP contribution in [0.2, 0.25) is 0 Å². The molecule has 0 spiro atoms. The summed E-state index contributed by atoms with van der Waals surface area (Å²) < 4.78 is 0. The van der Waals surface area contributed by atoms with Gasteiger partial charge in [-0.2, -0.15) is 0 Å². The third-order valence-corrected chi connectivity index (χ3v) is 5.04. The lowest BCUT2D eigenvalue weighted by Gasteiger charge is -2.30. The number of carboxylic acids is 1. The standard InChI is InChI=1S/C16H27N3O5/c1-7(2)4-11(17)14(22)18-8(3)13(21)19-16(15(23)24)6-12(20)9-5-10(9)16/h7-12,20H,4-6,17H2,1-3H3,(H,18,22)(H,19,21)(H,23,24)/t8-,9-,10+,11-,12-,16-/m0/s1. The third kappa shape index (κ3) is 3.54. The Labute approximate surface area is 141 Å². The molecule has 0 aromatic heterocycles. The van der Waals surface area contributed by atoms with Gasteiger partial charge in [0.05, 0.1) is 12.1 Å². The normalized spacial score (nSPS) is 33.5. The van der Waals surface area contributed by atoms with Crippen LogP contribution >= 0.6 is 0 Å². The topological polar surface area (TPSA) is 142 Å². The number of fused-ring (bicyclic) bond motifs is 1. The Bertz CT molecular complexity index is 538. The van der Waals surface area contributed by atoms with Crippen molar-refractivity contribution in [1.29, 1.82) is 0 Å². The van der Waals surface area contributed by atoms with Crippen LogP contribution < -0.4 is 16.4 Å². The summed E-state index contributed by atoms with van der Waals surface area (Å²) in [5, 5.41) is 24.5. The minimum absolute atomic E-state index is 0.00304. The highest BCUT2D eigenvalue weighted by molar-refractivity contribution is 5.93. The second-order valence-electron chi connectivity index (χ2n) is 7.51. The fourth-order valence-corrected chi connectivity index (χ4v) is 3.61. The highest BCUT2D eigenvalue weighted by Crippen LogP contribution is 2.57. The summed E-state index contributed by atoms with van der Waals surface area (Å²) in [7, 11) is 0. The minimum atomic E-state index is -1.44. The molecule has 8 heteroatoms. The maximum atomic E-state index is 12.3. The number of carbonyl (C=O) groups excluding carboxylic acids is 2. The first-order chi connectivity index (χ1) is 11.1. The average molecular weight is 341 g/mol.